The van der Waals surface area contributed by atoms with Gasteiger partial charge in [-0.15, -0.1) is 0 Å². The summed E-state index contributed by atoms with van der Waals surface area (Å²) >= 11 is 0. The fourth-order valence-electron chi connectivity index (χ4n) is 1.64. The molecule has 0 radical (unpaired) electrons. The first kappa shape index (κ1) is 11.4. The van der Waals surface area contributed by atoms with Crippen molar-refractivity contribution in [3.8, 4) is 0 Å². The van der Waals surface area contributed by atoms with E-state index < -0.39 is 5.97 Å². The van der Waals surface area contributed by atoms with Gasteiger partial charge in [0.15, 0.2) is 0 Å². The summed E-state index contributed by atoms with van der Waals surface area (Å²) in [5.41, 5.74) is 7.04. The van der Waals surface area contributed by atoms with E-state index in [1.807, 2.05) is 30.3 Å². The van der Waals surface area contributed by atoms with Crippen LogP contribution in [-0.2, 0) is 6.42 Å². The molecule has 4 nitrogen and oxygen atoms in total. The maximum Gasteiger partial charge on any atom is 0.371 e. The molecule has 4 heteroatoms. The Bertz CT molecular complexity index is 504. The standard InChI is InChI=1S/C13H13NO3/c14-10(8-9-4-2-1-3-5-9)11-6-7-12(17-11)13(15)16/h1-7,10H,8,14H2,(H,15,16)/t10-/m1/s1. The number of aromatic carboxylic acids is 1. The Morgan fingerprint density at radius 2 is 1.94 bits per heavy atom. The van der Waals surface area contributed by atoms with Crippen LogP contribution < -0.4 is 5.73 Å². The first-order chi connectivity index (χ1) is 8.16. The zero-order valence-corrected chi connectivity index (χ0v) is 9.17. The largest absolute Gasteiger partial charge is 0.475 e. The third kappa shape index (κ3) is 2.73. The van der Waals surface area contributed by atoms with Crippen LogP contribution >= 0.6 is 0 Å². The van der Waals surface area contributed by atoms with Crippen molar-refractivity contribution in [2.75, 3.05) is 0 Å². The summed E-state index contributed by atoms with van der Waals surface area (Å²) in [6.45, 7) is 0. The lowest BCUT2D eigenvalue weighted by atomic mass is 10.1. The quantitative estimate of drug-likeness (QED) is 0.845. The highest BCUT2D eigenvalue weighted by atomic mass is 16.4. The van der Waals surface area contributed by atoms with E-state index in [2.05, 4.69) is 0 Å². The first-order valence-electron chi connectivity index (χ1n) is 5.29. The Labute approximate surface area is 98.7 Å². The summed E-state index contributed by atoms with van der Waals surface area (Å²) in [4.78, 5) is 10.7. The van der Waals surface area contributed by atoms with Crippen LogP contribution in [0.5, 0.6) is 0 Å². The van der Waals surface area contributed by atoms with Crippen molar-refractivity contribution in [2.24, 2.45) is 5.73 Å². The van der Waals surface area contributed by atoms with Crippen LogP contribution in [0, 0.1) is 0 Å². The highest BCUT2D eigenvalue weighted by Gasteiger charge is 2.14. The van der Waals surface area contributed by atoms with Crippen molar-refractivity contribution in [3.63, 3.8) is 0 Å². The van der Waals surface area contributed by atoms with Gasteiger partial charge in [-0.25, -0.2) is 4.79 Å². The number of nitrogens with two attached hydrogens (primary N) is 1. The van der Waals surface area contributed by atoms with Gasteiger partial charge < -0.3 is 15.3 Å². The summed E-state index contributed by atoms with van der Waals surface area (Å²) in [5.74, 6) is -0.669. The van der Waals surface area contributed by atoms with E-state index in [9.17, 15) is 4.79 Å². The molecule has 2 aromatic rings. The highest BCUT2D eigenvalue weighted by molar-refractivity contribution is 5.84. The Kier molecular flexibility index (Phi) is 3.25. The van der Waals surface area contributed by atoms with Crippen LogP contribution in [0.1, 0.15) is 27.9 Å². The lowest BCUT2D eigenvalue weighted by Crippen LogP contribution is -2.12. The molecule has 0 amide bonds. The molecular formula is C13H13NO3. The van der Waals surface area contributed by atoms with Crippen LogP contribution in [0.25, 0.3) is 0 Å². The average Bonchev–Trinajstić information content (AvgIpc) is 2.79. The number of carboxylic acid groups (broad SMARTS) is 1. The number of rotatable bonds is 4. The van der Waals surface area contributed by atoms with Gasteiger partial charge >= 0.3 is 5.97 Å². The third-order valence-corrected chi connectivity index (χ3v) is 2.50. The topological polar surface area (TPSA) is 76.5 Å². The van der Waals surface area contributed by atoms with Gasteiger partial charge in [0.25, 0.3) is 0 Å². The molecule has 0 aliphatic heterocycles. The predicted molar refractivity (Wildman–Crippen MR) is 62.7 cm³/mol. The molecule has 1 aromatic heterocycles. The monoisotopic (exact) mass is 231 g/mol. The summed E-state index contributed by atoms with van der Waals surface area (Å²) in [6.07, 6.45) is 0.618. The van der Waals surface area contributed by atoms with Crippen LogP contribution in [0.15, 0.2) is 46.9 Å². The van der Waals surface area contributed by atoms with E-state index in [1.54, 1.807) is 6.07 Å². The fourth-order valence-corrected chi connectivity index (χ4v) is 1.64. The second-order valence-electron chi connectivity index (χ2n) is 3.80. The third-order valence-electron chi connectivity index (χ3n) is 2.50. The van der Waals surface area contributed by atoms with Crippen molar-refractivity contribution >= 4 is 5.97 Å². The minimum Gasteiger partial charge on any atom is -0.475 e. The number of carboxylic acids is 1. The minimum atomic E-state index is -1.08. The van der Waals surface area contributed by atoms with Gasteiger partial charge in [-0.3, -0.25) is 0 Å². The smallest absolute Gasteiger partial charge is 0.371 e. The fraction of sp³-hybridized carbons (Fsp3) is 0.154. The molecule has 17 heavy (non-hydrogen) atoms. The predicted octanol–water partition coefficient (Wildman–Crippen LogP) is 2.22. The van der Waals surface area contributed by atoms with Gasteiger partial charge in [-0.1, -0.05) is 30.3 Å². The van der Waals surface area contributed by atoms with Crippen molar-refractivity contribution in [2.45, 2.75) is 12.5 Å². The molecule has 0 fully saturated rings. The van der Waals surface area contributed by atoms with E-state index in [0.717, 1.165) is 5.56 Å². The van der Waals surface area contributed by atoms with Crippen molar-refractivity contribution in [1.82, 2.24) is 0 Å². The van der Waals surface area contributed by atoms with Gasteiger partial charge in [-0.05, 0) is 24.1 Å². The van der Waals surface area contributed by atoms with Crippen molar-refractivity contribution < 1.29 is 14.3 Å². The molecule has 1 atom stereocenters. The SMILES string of the molecule is N[C@H](Cc1ccccc1)c1ccc(C(=O)O)o1. The molecule has 0 saturated heterocycles. The van der Waals surface area contributed by atoms with Gasteiger partial charge in [0.05, 0.1) is 6.04 Å². The molecule has 0 aliphatic carbocycles. The van der Waals surface area contributed by atoms with Crippen molar-refractivity contribution in [1.29, 1.82) is 0 Å². The lowest BCUT2D eigenvalue weighted by molar-refractivity contribution is 0.0659. The normalized spacial score (nSPS) is 12.3. The van der Waals surface area contributed by atoms with Gasteiger partial charge in [0.2, 0.25) is 5.76 Å². The molecule has 88 valence electrons. The zero-order valence-electron chi connectivity index (χ0n) is 9.17. The second-order valence-corrected chi connectivity index (χ2v) is 3.80. The summed E-state index contributed by atoms with van der Waals surface area (Å²) in [7, 11) is 0. The number of carbonyl (C=O) groups is 1. The van der Waals surface area contributed by atoms with Gasteiger partial charge in [0.1, 0.15) is 5.76 Å². The molecule has 2 rings (SSSR count). The van der Waals surface area contributed by atoms with Gasteiger partial charge in [-0.2, -0.15) is 0 Å². The first-order valence-corrected chi connectivity index (χ1v) is 5.29. The Morgan fingerprint density at radius 1 is 1.24 bits per heavy atom. The number of benzene rings is 1. The molecule has 0 saturated carbocycles. The van der Waals surface area contributed by atoms with Crippen molar-refractivity contribution in [3.05, 3.63) is 59.5 Å². The van der Waals surface area contributed by atoms with E-state index in [-0.39, 0.29) is 11.8 Å². The molecule has 1 heterocycles. The van der Waals surface area contributed by atoms with Crippen LogP contribution in [-0.4, -0.2) is 11.1 Å². The zero-order chi connectivity index (χ0) is 12.3. The molecule has 3 N–H and O–H groups in total. The number of hydrogen-bond donors (Lipinski definition) is 2. The van der Waals surface area contributed by atoms with Gasteiger partial charge in [0, 0.05) is 0 Å². The molecule has 0 unspecified atom stereocenters. The van der Waals surface area contributed by atoms with Crippen LogP contribution in [0.3, 0.4) is 0 Å². The van der Waals surface area contributed by atoms with E-state index in [1.165, 1.54) is 6.07 Å². The molecular weight excluding hydrogens is 218 g/mol. The summed E-state index contributed by atoms with van der Waals surface area (Å²) in [6, 6.07) is 12.5. The highest BCUT2D eigenvalue weighted by Crippen LogP contribution is 2.18. The molecule has 0 bridgehead atoms. The second kappa shape index (κ2) is 4.84. The molecule has 1 aromatic carbocycles. The number of furan rings is 1. The molecule has 0 spiro atoms. The number of hydrogen-bond acceptors (Lipinski definition) is 3. The Morgan fingerprint density at radius 3 is 2.53 bits per heavy atom. The van der Waals surface area contributed by atoms with Crippen LogP contribution in [0.2, 0.25) is 0 Å². The van der Waals surface area contributed by atoms with E-state index in [4.69, 9.17) is 15.3 Å². The maximum atomic E-state index is 10.7. The lowest BCUT2D eigenvalue weighted by Gasteiger charge is -2.08. The minimum absolute atomic E-state index is 0.0801. The average molecular weight is 231 g/mol. The maximum absolute atomic E-state index is 10.7. The Balaban J connectivity index is 2.09. The summed E-state index contributed by atoms with van der Waals surface area (Å²) in [5, 5.41) is 8.74. The van der Waals surface area contributed by atoms with E-state index in [0.29, 0.717) is 12.2 Å². The van der Waals surface area contributed by atoms with E-state index >= 15 is 0 Å². The summed E-state index contributed by atoms with van der Waals surface area (Å²) < 4.78 is 5.15. The van der Waals surface area contributed by atoms with Crippen LogP contribution in [0.4, 0.5) is 0 Å². The Hall–Kier alpha value is -2.07. The molecule has 0 aliphatic rings.